The molecule has 0 aliphatic heterocycles. The maximum absolute atomic E-state index is 12.2. The van der Waals surface area contributed by atoms with Gasteiger partial charge in [-0.2, -0.15) is 5.10 Å². The smallest absolute Gasteiger partial charge is 0.255 e. The van der Waals surface area contributed by atoms with Crippen LogP contribution >= 0.6 is 0 Å². The van der Waals surface area contributed by atoms with E-state index in [-0.39, 0.29) is 5.91 Å². The molecule has 0 saturated carbocycles. The third-order valence-electron chi connectivity index (χ3n) is 4.11. The van der Waals surface area contributed by atoms with Gasteiger partial charge in [0.25, 0.3) is 5.91 Å². The number of aromatic amines is 1. The zero-order valence-electron chi connectivity index (χ0n) is 13.4. The minimum Gasteiger partial charge on any atom is -0.382 e. The van der Waals surface area contributed by atoms with Gasteiger partial charge in [-0.25, -0.2) is 0 Å². The molecule has 5 nitrogen and oxygen atoms in total. The van der Waals surface area contributed by atoms with Gasteiger partial charge >= 0.3 is 0 Å². The van der Waals surface area contributed by atoms with Crippen LogP contribution in [-0.4, -0.2) is 16.1 Å². The Kier molecular flexibility index (Phi) is 3.67. The number of anilines is 2. The van der Waals surface area contributed by atoms with Crippen molar-refractivity contribution in [2.24, 2.45) is 0 Å². The van der Waals surface area contributed by atoms with Crippen LogP contribution < -0.4 is 11.1 Å². The number of nitrogens with one attached hydrogen (secondary N) is 2. The van der Waals surface area contributed by atoms with Crippen LogP contribution in [0.2, 0.25) is 0 Å². The number of carbonyl (C=O) groups excluding carboxylic acids is 1. The number of fused-ring (bicyclic) bond motifs is 1. The van der Waals surface area contributed by atoms with Crippen molar-refractivity contribution in [3.8, 4) is 11.1 Å². The lowest BCUT2D eigenvalue weighted by Crippen LogP contribution is -2.11. The first-order chi connectivity index (χ1) is 12.2. The average molecular weight is 328 g/mol. The molecule has 0 unspecified atom stereocenters. The Morgan fingerprint density at radius 2 is 1.68 bits per heavy atom. The molecule has 1 heterocycles. The first-order valence-electron chi connectivity index (χ1n) is 7.92. The van der Waals surface area contributed by atoms with Crippen molar-refractivity contribution >= 4 is 28.3 Å². The first kappa shape index (κ1) is 15.0. The Morgan fingerprint density at radius 1 is 0.920 bits per heavy atom. The van der Waals surface area contributed by atoms with Gasteiger partial charge < -0.3 is 11.1 Å². The van der Waals surface area contributed by atoms with Crippen LogP contribution in [0.1, 0.15) is 10.4 Å². The molecule has 0 atom stereocenters. The molecule has 4 N–H and O–H groups in total. The van der Waals surface area contributed by atoms with E-state index in [2.05, 4.69) is 15.5 Å². The van der Waals surface area contributed by atoms with Crippen molar-refractivity contribution in [1.29, 1.82) is 0 Å². The van der Waals surface area contributed by atoms with E-state index in [0.717, 1.165) is 27.7 Å². The molecule has 5 heteroatoms. The second kappa shape index (κ2) is 6.13. The fraction of sp³-hybridized carbons (Fsp3) is 0. The number of nitrogens with two attached hydrogens (primary N) is 1. The number of rotatable bonds is 3. The van der Waals surface area contributed by atoms with Crippen LogP contribution in [0.3, 0.4) is 0 Å². The predicted molar refractivity (Wildman–Crippen MR) is 100 cm³/mol. The Hall–Kier alpha value is -3.60. The van der Waals surface area contributed by atoms with Crippen molar-refractivity contribution in [3.63, 3.8) is 0 Å². The third kappa shape index (κ3) is 2.83. The van der Waals surface area contributed by atoms with Crippen molar-refractivity contribution in [2.75, 3.05) is 11.1 Å². The summed E-state index contributed by atoms with van der Waals surface area (Å²) >= 11 is 0. The van der Waals surface area contributed by atoms with E-state index in [1.165, 1.54) is 0 Å². The number of hydrogen-bond donors (Lipinski definition) is 3. The number of amides is 1. The van der Waals surface area contributed by atoms with E-state index >= 15 is 0 Å². The minimum absolute atomic E-state index is 0.130. The molecule has 0 spiro atoms. The zero-order valence-corrected chi connectivity index (χ0v) is 13.4. The highest BCUT2D eigenvalue weighted by atomic mass is 16.1. The molecular weight excluding hydrogens is 312 g/mol. The second-order valence-electron chi connectivity index (χ2n) is 5.73. The number of hydrogen-bond acceptors (Lipinski definition) is 3. The van der Waals surface area contributed by atoms with E-state index in [1.807, 2.05) is 60.7 Å². The van der Waals surface area contributed by atoms with Gasteiger partial charge in [-0.05, 0) is 41.5 Å². The van der Waals surface area contributed by atoms with Crippen LogP contribution in [0, 0.1) is 0 Å². The largest absolute Gasteiger partial charge is 0.382 e. The zero-order chi connectivity index (χ0) is 17.2. The molecule has 4 aromatic rings. The maximum atomic E-state index is 12.2. The van der Waals surface area contributed by atoms with E-state index < -0.39 is 0 Å². The number of nitrogens with zero attached hydrogens (tertiary/aromatic N) is 1. The quantitative estimate of drug-likeness (QED) is 0.530. The summed E-state index contributed by atoms with van der Waals surface area (Å²) < 4.78 is 0. The Bertz CT molecular complexity index is 1040. The fourth-order valence-electron chi connectivity index (χ4n) is 2.86. The van der Waals surface area contributed by atoms with Gasteiger partial charge in [0.05, 0.1) is 10.9 Å². The standard InChI is InChI=1S/C20H16N4O/c21-19-18-16(7-4-8-17(18)23-24-19)13-9-11-15(12-10-13)22-20(25)14-5-2-1-3-6-14/h1-12H,(H,22,25)(H3,21,23,24). The van der Waals surface area contributed by atoms with Gasteiger partial charge in [0, 0.05) is 11.3 Å². The molecule has 0 bridgehead atoms. The van der Waals surface area contributed by atoms with Gasteiger partial charge in [-0.15, -0.1) is 0 Å². The summed E-state index contributed by atoms with van der Waals surface area (Å²) in [5.41, 5.74) is 10.3. The number of benzene rings is 3. The van der Waals surface area contributed by atoms with Crippen molar-refractivity contribution in [2.45, 2.75) is 0 Å². The molecule has 0 aliphatic carbocycles. The summed E-state index contributed by atoms with van der Waals surface area (Å²) in [6.07, 6.45) is 0. The summed E-state index contributed by atoms with van der Waals surface area (Å²) in [6, 6.07) is 22.7. The fourth-order valence-corrected chi connectivity index (χ4v) is 2.86. The molecular formula is C20H16N4O. The Labute approximate surface area is 144 Å². The van der Waals surface area contributed by atoms with Crippen molar-refractivity contribution in [1.82, 2.24) is 10.2 Å². The molecule has 25 heavy (non-hydrogen) atoms. The van der Waals surface area contributed by atoms with Crippen LogP contribution in [0.15, 0.2) is 72.8 Å². The summed E-state index contributed by atoms with van der Waals surface area (Å²) in [5.74, 6) is 0.349. The minimum atomic E-state index is -0.130. The van der Waals surface area contributed by atoms with Gasteiger partial charge in [0.15, 0.2) is 5.82 Å². The van der Waals surface area contributed by atoms with E-state index in [9.17, 15) is 4.79 Å². The molecule has 0 saturated heterocycles. The number of carbonyl (C=O) groups is 1. The maximum Gasteiger partial charge on any atom is 0.255 e. The molecule has 122 valence electrons. The first-order valence-corrected chi connectivity index (χ1v) is 7.92. The van der Waals surface area contributed by atoms with Crippen LogP contribution in [0.5, 0.6) is 0 Å². The number of aromatic nitrogens is 2. The molecule has 1 amide bonds. The lowest BCUT2D eigenvalue weighted by Gasteiger charge is -2.08. The highest BCUT2D eigenvalue weighted by Gasteiger charge is 2.10. The van der Waals surface area contributed by atoms with Gasteiger partial charge in [0.2, 0.25) is 0 Å². The van der Waals surface area contributed by atoms with Crippen molar-refractivity contribution < 1.29 is 4.79 Å². The molecule has 1 aromatic heterocycles. The lowest BCUT2D eigenvalue weighted by atomic mass is 10.0. The average Bonchev–Trinajstić information content (AvgIpc) is 3.04. The second-order valence-corrected chi connectivity index (χ2v) is 5.73. The predicted octanol–water partition coefficient (Wildman–Crippen LogP) is 4.06. The Balaban J connectivity index is 1.62. The van der Waals surface area contributed by atoms with Gasteiger partial charge in [-0.1, -0.05) is 42.5 Å². The summed E-state index contributed by atoms with van der Waals surface area (Å²) in [5, 5.41) is 10.8. The molecule has 4 rings (SSSR count). The lowest BCUT2D eigenvalue weighted by molar-refractivity contribution is 0.102. The van der Waals surface area contributed by atoms with Crippen LogP contribution in [0.4, 0.5) is 11.5 Å². The van der Waals surface area contributed by atoms with E-state index in [0.29, 0.717) is 11.4 Å². The van der Waals surface area contributed by atoms with Crippen LogP contribution in [-0.2, 0) is 0 Å². The van der Waals surface area contributed by atoms with E-state index in [1.54, 1.807) is 12.1 Å². The van der Waals surface area contributed by atoms with Gasteiger partial charge in [0.1, 0.15) is 0 Å². The molecule has 3 aromatic carbocycles. The number of nitrogen functional groups attached to an aromatic ring is 1. The topological polar surface area (TPSA) is 83.8 Å². The monoisotopic (exact) mass is 328 g/mol. The highest BCUT2D eigenvalue weighted by molar-refractivity contribution is 6.05. The third-order valence-corrected chi connectivity index (χ3v) is 4.11. The normalized spacial score (nSPS) is 10.7. The molecule has 0 aliphatic rings. The summed E-state index contributed by atoms with van der Waals surface area (Å²) in [4.78, 5) is 12.2. The molecule has 0 radical (unpaired) electrons. The van der Waals surface area contributed by atoms with Crippen molar-refractivity contribution in [3.05, 3.63) is 78.4 Å². The highest BCUT2D eigenvalue weighted by Crippen LogP contribution is 2.31. The van der Waals surface area contributed by atoms with Gasteiger partial charge in [-0.3, -0.25) is 9.89 Å². The summed E-state index contributed by atoms with van der Waals surface area (Å²) in [7, 11) is 0. The molecule has 0 fully saturated rings. The van der Waals surface area contributed by atoms with E-state index in [4.69, 9.17) is 5.73 Å². The Morgan fingerprint density at radius 3 is 2.44 bits per heavy atom. The number of H-pyrrole nitrogens is 1. The summed E-state index contributed by atoms with van der Waals surface area (Å²) in [6.45, 7) is 0. The SMILES string of the molecule is Nc1n[nH]c2cccc(-c3ccc(NC(=O)c4ccccc4)cc3)c12. The van der Waals surface area contributed by atoms with Crippen LogP contribution in [0.25, 0.3) is 22.0 Å².